The largest absolute Gasteiger partial charge is 0.508 e. The van der Waals surface area contributed by atoms with Crippen LogP contribution in [0.5, 0.6) is 5.75 Å². The van der Waals surface area contributed by atoms with Gasteiger partial charge < -0.3 is 15.2 Å². The van der Waals surface area contributed by atoms with Gasteiger partial charge in [-0.3, -0.25) is 9.69 Å². The number of hydrogen-bond donors (Lipinski definition) is 2. The van der Waals surface area contributed by atoms with Gasteiger partial charge in [-0.2, -0.15) is 0 Å². The Hall–Kier alpha value is -2.08. The number of carbonyl (C=O) groups is 2. The Kier molecular flexibility index (Phi) is 5.54. The highest BCUT2D eigenvalue weighted by Crippen LogP contribution is 2.21. The molecule has 0 bridgehead atoms. The number of carbonyl (C=O) groups excluding carboxylic acids is 2. The van der Waals surface area contributed by atoms with Crippen molar-refractivity contribution in [2.75, 3.05) is 14.1 Å². The minimum Gasteiger partial charge on any atom is -0.508 e. The van der Waals surface area contributed by atoms with Gasteiger partial charge in [0.1, 0.15) is 5.75 Å². The Balaban J connectivity index is 2.97. The van der Waals surface area contributed by atoms with Crippen LogP contribution in [0.2, 0.25) is 0 Å². The molecule has 1 amide bonds. The van der Waals surface area contributed by atoms with Gasteiger partial charge in [-0.05, 0) is 52.6 Å². The van der Waals surface area contributed by atoms with Crippen LogP contribution in [0, 0.1) is 0 Å². The van der Waals surface area contributed by atoms with Crippen molar-refractivity contribution >= 4 is 12.4 Å². The van der Waals surface area contributed by atoms with E-state index in [1.807, 2.05) is 20.8 Å². The molecule has 0 aliphatic heterocycles. The quantitative estimate of drug-likeness (QED) is 0.642. The first-order valence-electron chi connectivity index (χ1n) is 7.01. The van der Waals surface area contributed by atoms with E-state index < -0.39 is 17.4 Å². The van der Waals surface area contributed by atoms with Crippen molar-refractivity contribution in [3.8, 4) is 5.75 Å². The number of ether oxygens (including phenoxy) is 1. The summed E-state index contributed by atoms with van der Waals surface area (Å²) in [5.41, 5.74) is -1.11. The average molecular weight is 308 g/mol. The van der Waals surface area contributed by atoms with Gasteiger partial charge in [0.25, 0.3) is 0 Å². The number of phenols is 1. The van der Waals surface area contributed by atoms with Gasteiger partial charge in [0.2, 0.25) is 5.72 Å². The fourth-order valence-electron chi connectivity index (χ4n) is 1.86. The van der Waals surface area contributed by atoms with Crippen molar-refractivity contribution < 1.29 is 19.4 Å². The van der Waals surface area contributed by atoms with E-state index in [0.29, 0.717) is 6.29 Å². The van der Waals surface area contributed by atoms with Gasteiger partial charge >= 0.3 is 6.09 Å². The van der Waals surface area contributed by atoms with Crippen LogP contribution in [-0.4, -0.2) is 47.7 Å². The molecule has 0 fully saturated rings. The SMILES string of the molecule is CN(C)C(C=O)(Cc1ccc(O)cc1)OC(=O)NC(C)(C)C. The summed E-state index contributed by atoms with van der Waals surface area (Å²) in [6.07, 6.45) is 0.135. The highest BCUT2D eigenvalue weighted by atomic mass is 16.6. The molecule has 6 nitrogen and oxygen atoms in total. The molecule has 6 heteroatoms. The summed E-state index contributed by atoms with van der Waals surface area (Å²) in [7, 11) is 3.33. The molecule has 1 rings (SSSR count). The molecule has 0 spiro atoms. The molecule has 0 aliphatic carbocycles. The average Bonchev–Trinajstić information content (AvgIpc) is 2.38. The summed E-state index contributed by atoms with van der Waals surface area (Å²) in [6.45, 7) is 5.48. The number of benzene rings is 1. The Morgan fingerprint density at radius 2 is 1.82 bits per heavy atom. The first-order chi connectivity index (χ1) is 10.1. The fraction of sp³-hybridized carbons (Fsp3) is 0.500. The summed E-state index contributed by atoms with van der Waals surface area (Å²) in [5.74, 6) is 0.136. The molecule has 1 unspecified atom stereocenters. The van der Waals surface area contributed by atoms with E-state index in [-0.39, 0.29) is 12.2 Å². The number of alkyl carbamates (subject to hydrolysis) is 1. The molecule has 0 aliphatic rings. The molecular formula is C16H24N2O4. The third-order valence-electron chi connectivity index (χ3n) is 3.08. The number of rotatable bonds is 5. The highest BCUT2D eigenvalue weighted by Gasteiger charge is 2.38. The predicted molar refractivity (Wildman–Crippen MR) is 83.7 cm³/mol. The monoisotopic (exact) mass is 308 g/mol. The molecule has 0 aromatic heterocycles. The first-order valence-corrected chi connectivity index (χ1v) is 7.01. The molecular weight excluding hydrogens is 284 g/mol. The lowest BCUT2D eigenvalue weighted by Crippen LogP contribution is -2.54. The maximum Gasteiger partial charge on any atom is 0.409 e. The van der Waals surface area contributed by atoms with E-state index in [1.165, 1.54) is 12.1 Å². The molecule has 2 N–H and O–H groups in total. The number of aromatic hydroxyl groups is 1. The molecule has 1 aromatic carbocycles. The third-order valence-corrected chi connectivity index (χ3v) is 3.08. The second-order valence-corrected chi connectivity index (χ2v) is 6.46. The van der Waals surface area contributed by atoms with E-state index in [2.05, 4.69) is 5.32 Å². The lowest BCUT2D eigenvalue weighted by Gasteiger charge is -2.35. The molecule has 0 saturated carbocycles. The number of nitrogens with one attached hydrogen (secondary N) is 1. The maximum atomic E-state index is 12.0. The number of phenolic OH excluding ortho intramolecular Hbond substituents is 1. The van der Waals surface area contributed by atoms with Crippen LogP contribution in [0.3, 0.4) is 0 Å². The summed E-state index contributed by atoms with van der Waals surface area (Å²) in [4.78, 5) is 25.2. The Morgan fingerprint density at radius 3 is 2.23 bits per heavy atom. The van der Waals surface area contributed by atoms with Crippen molar-refractivity contribution in [1.82, 2.24) is 10.2 Å². The molecule has 1 atom stereocenters. The second kappa shape index (κ2) is 6.79. The number of likely N-dealkylation sites (N-methyl/N-ethyl adjacent to an activating group) is 1. The molecule has 22 heavy (non-hydrogen) atoms. The Morgan fingerprint density at radius 1 is 1.27 bits per heavy atom. The maximum absolute atomic E-state index is 12.0. The number of nitrogens with zero attached hydrogens (tertiary/aromatic N) is 1. The molecule has 122 valence electrons. The predicted octanol–water partition coefficient (Wildman–Crippen LogP) is 1.92. The zero-order chi connectivity index (χ0) is 17.0. The van der Waals surface area contributed by atoms with Crippen LogP contribution in [-0.2, 0) is 16.0 Å². The minimum absolute atomic E-state index is 0.136. The highest BCUT2D eigenvalue weighted by molar-refractivity contribution is 5.74. The Labute approximate surface area is 131 Å². The zero-order valence-corrected chi connectivity index (χ0v) is 13.7. The first kappa shape index (κ1) is 18.0. The van der Waals surface area contributed by atoms with Crippen molar-refractivity contribution in [2.24, 2.45) is 0 Å². The van der Waals surface area contributed by atoms with Gasteiger partial charge in [-0.1, -0.05) is 12.1 Å². The van der Waals surface area contributed by atoms with Crippen LogP contribution in [0.15, 0.2) is 24.3 Å². The summed E-state index contributed by atoms with van der Waals surface area (Å²) in [5, 5.41) is 12.0. The van der Waals surface area contributed by atoms with Crippen LogP contribution in [0.4, 0.5) is 4.79 Å². The van der Waals surface area contributed by atoms with Crippen molar-refractivity contribution in [3.63, 3.8) is 0 Å². The molecule has 1 aromatic rings. The van der Waals surface area contributed by atoms with Crippen LogP contribution in [0.1, 0.15) is 26.3 Å². The van der Waals surface area contributed by atoms with Gasteiger partial charge in [0.05, 0.1) is 0 Å². The topological polar surface area (TPSA) is 78.9 Å². The molecule has 0 radical (unpaired) electrons. The summed E-state index contributed by atoms with van der Waals surface area (Å²) >= 11 is 0. The van der Waals surface area contributed by atoms with Gasteiger partial charge in [-0.25, -0.2) is 4.79 Å². The lowest BCUT2D eigenvalue weighted by atomic mass is 10.0. The van der Waals surface area contributed by atoms with E-state index >= 15 is 0 Å². The Bertz CT molecular complexity index is 520. The molecule has 0 heterocycles. The second-order valence-electron chi connectivity index (χ2n) is 6.46. The minimum atomic E-state index is -1.41. The smallest absolute Gasteiger partial charge is 0.409 e. The van der Waals surface area contributed by atoms with E-state index in [4.69, 9.17) is 4.74 Å². The van der Waals surface area contributed by atoms with Crippen LogP contribution >= 0.6 is 0 Å². The fourth-order valence-corrected chi connectivity index (χ4v) is 1.86. The summed E-state index contributed by atoms with van der Waals surface area (Å²) < 4.78 is 5.40. The van der Waals surface area contributed by atoms with E-state index in [0.717, 1.165) is 5.56 Å². The number of aldehydes is 1. The molecule has 0 saturated heterocycles. The van der Waals surface area contributed by atoms with Crippen molar-refractivity contribution in [2.45, 2.75) is 38.5 Å². The van der Waals surface area contributed by atoms with Gasteiger partial charge in [-0.15, -0.1) is 0 Å². The lowest BCUT2D eigenvalue weighted by molar-refractivity contribution is -0.142. The zero-order valence-electron chi connectivity index (χ0n) is 13.7. The standard InChI is InChI=1S/C16H24N2O4/c1-15(2,3)17-14(21)22-16(11-19,18(4)5)10-12-6-8-13(20)9-7-12/h6-9,11,20H,10H2,1-5H3,(H,17,21). The van der Waals surface area contributed by atoms with Crippen molar-refractivity contribution in [1.29, 1.82) is 0 Å². The van der Waals surface area contributed by atoms with Crippen LogP contribution in [0.25, 0.3) is 0 Å². The normalized spacial score (nSPS) is 14.3. The summed E-state index contributed by atoms with van der Waals surface area (Å²) in [6, 6.07) is 6.41. The van der Waals surface area contributed by atoms with E-state index in [1.54, 1.807) is 31.1 Å². The van der Waals surface area contributed by atoms with Gasteiger partial charge in [0.15, 0.2) is 6.29 Å². The third kappa shape index (κ3) is 5.04. The number of amides is 1. The van der Waals surface area contributed by atoms with Crippen molar-refractivity contribution in [3.05, 3.63) is 29.8 Å². The van der Waals surface area contributed by atoms with Crippen LogP contribution < -0.4 is 5.32 Å². The van der Waals surface area contributed by atoms with E-state index in [9.17, 15) is 14.7 Å². The van der Waals surface area contributed by atoms with Gasteiger partial charge in [0, 0.05) is 12.0 Å². The number of hydrogen-bond acceptors (Lipinski definition) is 5.